The molecule has 2 fully saturated rings. The lowest BCUT2D eigenvalue weighted by molar-refractivity contribution is 0.252. The Morgan fingerprint density at radius 3 is 2.21 bits per heavy atom. The molecule has 3 N–H and O–H groups in total. The van der Waals surface area contributed by atoms with Gasteiger partial charge in [-0.05, 0) is 54.1 Å². The molecular weight excluding hydrogens is 232 g/mol. The first-order chi connectivity index (χ1) is 9.19. The molecule has 0 amide bonds. The van der Waals surface area contributed by atoms with E-state index in [2.05, 4.69) is 43.5 Å². The maximum atomic E-state index is 5.86. The van der Waals surface area contributed by atoms with Gasteiger partial charge in [-0.3, -0.25) is 11.3 Å². The Morgan fingerprint density at radius 1 is 1.05 bits per heavy atom. The fourth-order valence-electron chi connectivity index (χ4n) is 4.26. The van der Waals surface area contributed by atoms with Crippen LogP contribution in [0.1, 0.15) is 62.6 Å². The monoisotopic (exact) mass is 258 g/mol. The van der Waals surface area contributed by atoms with Crippen LogP contribution in [-0.2, 0) is 0 Å². The standard InChI is InChI=1S/C17H26N2/c1-11(2)13-5-7-14(8-6-13)17(19-18)16-10-12-3-4-15(16)9-12/h5-8,11-12,15-17,19H,3-4,9-10,18H2,1-2H3. The predicted octanol–water partition coefficient (Wildman–Crippen LogP) is 3.75. The molecular formula is C17H26N2. The molecule has 2 nitrogen and oxygen atoms in total. The smallest absolute Gasteiger partial charge is 0.0490 e. The number of nitrogens with two attached hydrogens (primary N) is 1. The molecule has 3 rings (SSSR count). The zero-order chi connectivity index (χ0) is 13.4. The van der Waals surface area contributed by atoms with Gasteiger partial charge in [0.1, 0.15) is 0 Å². The molecule has 19 heavy (non-hydrogen) atoms. The summed E-state index contributed by atoms with van der Waals surface area (Å²) in [5.41, 5.74) is 5.87. The summed E-state index contributed by atoms with van der Waals surface area (Å²) in [6.45, 7) is 4.48. The minimum absolute atomic E-state index is 0.344. The van der Waals surface area contributed by atoms with Crippen molar-refractivity contribution in [2.24, 2.45) is 23.6 Å². The molecule has 0 aromatic heterocycles. The summed E-state index contributed by atoms with van der Waals surface area (Å²) in [5, 5.41) is 0. The van der Waals surface area contributed by atoms with E-state index in [1.165, 1.54) is 36.8 Å². The predicted molar refractivity (Wildman–Crippen MR) is 79.5 cm³/mol. The lowest BCUT2D eigenvalue weighted by Gasteiger charge is -2.30. The van der Waals surface area contributed by atoms with Crippen LogP contribution in [0.3, 0.4) is 0 Å². The van der Waals surface area contributed by atoms with Gasteiger partial charge in [-0.25, -0.2) is 0 Å². The van der Waals surface area contributed by atoms with Crippen molar-refractivity contribution in [1.82, 2.24) is 5.43 Å². The molecule has 4 atom stereocenters. The van der Waals surface area contributed by atoms with E-state index >= 15 is 0 Å². The van der Waals surface area contributed by atoms with Crippen molar-refractivity contribution in [1.29, 1.82) is 0 Å². The van der Waals surface area contributed by atoms with Gasteiger partial charge >= 0.3 is 0 Å². The molecule has 1 aromatic carbocycles. The van der Waals surface area contributed by atoms with E-state index in [-0.39, 0.29) is 0 Å². The number of hydrogen-bond acceptors (Lipinski definition) is 2. The third kappa shape index (κ3) is 2.44. The van der Waals surface area contributed by atoms with E-state index in [0.29, 0.717) is 12.0 Å². The third-order valence-corrected chi connectivity index (χ3v) is 5.36. The Kier molecular flexibility index (Phi) is 3.64. The van der Waals surface area contributed by atoms with Crippen LogP contribution < -0.4 is 11.3 Å². The fourth-order valence-corrected chi connectivity index (χ4v) is 4.26. The highest BCUT2D eigenvalue weighted by atomic mass is 15.2. The molecule has 2 heteroatoms. The summed E-state index contributed by atoms with van der Waals surface area (Å²) >= 11 is 0. The van der Waals surface area contributed by atoms with Crippen molar-refractivity contribution in [2.45, 2.75) is 51.5 Å². The van der Waals surface area contributed by atoms with Crippen LogP contribution in [0.4, 0.5) is 0 Å². The van der Waals surface area contributed by atoms with Crippen LogP contribution >= 0.6 is 0 Å². The minimum Gasteiger partial charge on any atom is -0.271 e. The Hall–Kier alpha value is -0.860. The quantitative estimate of drug-likeness (QED) is 0.637. The Morgan fingerprint density at radius 2 is 1.74 bits per heavy atom. The summed E-state index contributed by atoms with van der Waals surface area (Å²) in [4.78, 5) is 0. The van der Waals surface area contributed by atoms with Crippen molar-refractivity contribution >= 4 is 0 Å². The van der Waals surface area contributed by atoms with Gasteiger partial charge in [0.25, 0.3) is 0 Å². The Balaban J connectivity index is 1.78. The van der Waals surface area contributed by atoms with Crippen molar-refractivity contribution in [3.05, 3.63) is 35.4 Å². The maximum absolute atomic E-state index is 5.86. The van der Waals surface area contributed by atoms with E-state index in [4.69, 9.17) is 5.84 Å². The maximum Gasteiger partial charge on any atom is 0.0490 e. The second-order valence-electron chi connectivity index (χ2n) is 6.80. The van der Waals surface area contributed by atoms with Crippen LogP contribution in [0, 0.1) is 17.8 Å². The van der Waals surface area contributed by atoms with Crippen LogP contribution in [-0.4, -0.2) is 0 Å². The molecule has 0 radical (unpaired) electrons. The Bertz CT molecular complexity index is 423. The molecule has 2 aliphatic rings. The van der Waals surface area contributed by atoms with Gasteiger partial charge in [0, 0.05) is 6.04 Å². The van der Waals surface area contributed by atoms with Gasteiger partial charge in [0.2, 0.25) is 0 Å². The first-order valence-electron chi connectivity index (χ1n) is 7.75. The van der Waals surface area contributed by atoms with Crippen LogP contribution in [0.25, 0.3) is 0 Å². The van der Waals surface area contributed by atoms with Crippen molar-refractivity contribution in [3.8, 4) is 0 Å². The molecule has 0 spiro atoms. The van der Waals surface area contributed by atoms with E-state index < -0.39 is 0 Å². The number of hydrazine groups is 1. The van der Waals surface area contributed by atoms with E-state index in [1.54, 1.807) is 0 Å². The van der Waals surface area contributed by atoms with Gasteiger partial charge in [0.05, 0.1) is 0 Å². The zero-order valence-corrected chi connectivity index (χ0v) is 12.1. The van der Waals surface area contributed by atoms with E-state index in [0.717, 1.165) is 17.8 Å². The molecule has 0 saturated heterocycles. The van der Waals surface area contributed by atoms with E-state index in [9.17, 15) is 0 Å². The lowest BCUT2D eigenvalue weighted by Crippen LogP contribution is -2.35. The number of rotatable bonds is 4. The highest BCUT2D eigenvalue weighted by Gasteiger charge is 2.43. The summed E-state index contributed by atoms with van der Waals surface area (Å²) in [6, 6.07) is 9.41. The largest absolute Gasteiger partial charge is 0.271 e. The molecule has 2 saturated carbocycles. The summed E-state index contributed by atoms with van der Waals surface area (Å²) in [6.07, 6.45) is 5.67. The van der Waals surface area contributed by atoms with Gasteiger partial charge in [0.15, 0.2) is 0 Å². The van der Waals surface area contributed by atoms with Gasteiger partial charge in [-0.1, -0.05) is 44.5 Å². The number of benzene rings is 1. The van der Waals surface area contributed by atoms with Crippen LogP contribution in [0.15, 0.2) is 24.3 Å². The molecule has 104 valence electrons. The number of fused-ring (bicyclic) bond motifs is 2. The summed E-state index contributed by atoms with van der Waals surface area (Å²) in [5.74, 6) is 9.08. The molecule has 2 aliphatic carbocycles. The second kappa shape index (κ2) is 5.26. The first kappa shape index (κ1) is 13.1. The van der Waals surface area contributed by atoms with Crippen molar-refractivity contribution in [3.63, 3.8) is 0 Å². The molecule has 2 bridgehead atoms. The average molecular weight is 258 g/mol. The zero-order valence-electron chi connectivity index (χ0n) is 12.1. The highest BCUT2D eigenvalue weighted by Crippen LogP contribution is 2.52. The fraction of sp³-hybridized carbons (Fsp3) is 0.647. The Labute approximate surface area is 116 Å². The van der Waals surface area contributed by atoms with Gasteiger partial charge < -0.3 is 0 Å². The third-order valence-electron chi connectivity index (χ3n) is 5.36. The minimum atomic E-state index is 0.344. The number of hydrogen-bond donors (Lipinski definition) is 2. The normalized spacial score (nSPS) is 31.1. The lowest BCUT2D eigenvalue weighted by atomic mass is 9.80. The summed E-state index contributed by atoms with van der Waals surface area (Å²) < 4.78 is 0. The molecule has 0 aliphatic heterocycles. The number of nitrogens with one attached hydrogen (secondary N) is 1. The molecule has 1 aromatic rings. The summed E-state index contributed by atoms with van der Waals surface area (Å²) in [7, 11) is 0. The van der Waals surface area contributed by atoms with Crippen LogP contribution in [0.2, 0.25) is 0 Å². The van der Waals surface area contributed by atoms with Crippen molar-refractivity contribution < 1.29 is 0 Å². The van der Waals surface area contributed by atoms with Crippen LogP contribution in [0.5, 0.6) is 0 Å². The highest BCUT2D eigenvalue weighted by molar-refractivity contribution is 5.27. The van der Waals surface area contributed by atoms with E-state index in [1.807, 2.05) is 0 Å². The SMILES string of the molecule is CC(C)c1ccc(C(NN)C2CC3CCC2C3)cc1. The molecule has 0 heterocycles. The first-order valence-corrected chi connectivity index (χ1v) is 7.75. The van der Waals surface area contributed by atoms with Gasteiger partial charge in [-0.2, -0.15) is 0 Å². The molecule has 4 unspecified atom stereocenters. The van der Waals surface area contributed by atoms with Crippen molar-refractivity contribution in [2.75, 3.05) is 0 Å². The average Bonchev–Trinajstić information content (AvgIpc) is 3.03. The second-order valence-corrected chi connectivity index (χ2v) is 6.80. The van der Waals surface area contributed by atoms with Gasteiger partial charge in [-0.15, -0.1) is 0 Å². The topological polar surface area (TPSA) is 38.0 Å².